The third-order valence-corrected chi connectivity index (χ3v) is 3.33. The zero-order valence-corrected chi connectivity index (χ0v) is 13.3. The van der Waals surface area contributed by atoms with E-state index in [1.165, 1.54) is 32.4 Å². The van der Waals surface area contributed by atoms with Gasteiger partial charge in [0.05, 0.1) is 7.11 Å². The molecule has 0 saturated heterocycles. The molecule has 21 heavy (non-hydrogen) atoms. The Balaban J connectivity index is 2.60. The summed E-state index contributed by atoms with van der Waals surface area (Å²) >= 11 is 1.98. The van der Waals surface area contributed by atoms with Gasteiger partial charge in [0.25, 0.3) is 5.91 Å². The van der Waals surface area contributed by atoms with Crippen molar-refractivity contribution in [1.29, 1.82) is 0 Å². The third kappa shape index (κ3) is 3.27. The molecule has 0 fully saturated rings. The summed E-state index contributed by atoms with van der Waals surface area (Å²) in [5, 5.41) is 3.88. The van der Waals surface area contributed by atoms with Crippen LogP contribution in [0, 0.1) is 16.3 Å². The molecule has 6 nitrogen and oxygen atoms in total. The Morgan fingerprint density at radius 2 is 2.19 bits per heavy atom. The molecule has 0 bridgehead atoms. The van der Waals surface area contributed by atoms with E-state index in [-0.39, 0.29) is 16.9 Å². The number of nitrogens with zero attached hydrogens (tertiary/aromatic N) is 2. The first kappa shape index (κ1) is 15.6. The molecule has 8 heteroatoms. The quantitative estimate of drug-likeness (QED) is 0.624. The number of rotatable bonds is 3. The highest BCUT2D eigenvalue weighted by Crippen LogP contribution is 2.15. The van der Waals surface area contributed by atoms with Gasteiger partial charge in [-0.2, -0.15) is 5.10 Å². The average molecular weight is 403 g/mol. The number of aryl methyl sites for hydroxylation is 1. The minimum atomic E-state index is -0.786. The normalized spacial score (nSPS) is 10.5. The third-order valence-electron chi connectivity index (χ3n) is 2.66. The van der Waals surface area contributed by atoms with Crippen molar-refractivity contribution in [3.05, 3.63) is 55.3 Å². The minimum Gasteiger partial charge on any atom is -0.287 e. The van der Waals surface area contributed by atoms with Crippen LogP contribution >= 0.6 is 22.6 Å². The molecule has 0 atom stereocenters. The van der Waals surface area contributed by atoms with Crippen LogP contribution in [0.15, 0.2) is 29.2 Å². The number of hydrogen-bond acceptors (Lipinski definition) is 4. The first-order chi connectivity index (χ1) is 9.93. The van der Waals surface area contributed by atoms with Crippen molar-refractivity contribution < 1.29 is 14.0 Å². The molecule has 1 aromatic carbocycles. The fourth-order valence-corrected chi connectivity index (χ4v) is 2.14. The van der Waals surface area contributed by atoms with E-state index in [1.807, 2.05) is 28.1 Å². The van der Waals surface area contributed by atoms with Crippen LogP contribution in [0.5, 0.6) is 0 Å². The van der Waals surface area contributed by atoms with Crippen LogP contribution in [0.1, 0.15) is 16.1 Å². The first-order valence-corrected chi connectivity index (χ1v) is 6.91. The SMILES string of the molecule is CONC(=O)c1nn(-c2ccc(I)cc2F)cc(C)c1=O. The second-order valence-corrected chi connectivity index (χ2v) is 5.41. The van der Waals surface area contributed by atoms with E-state index in [2.05, 4.69) is 9.94 Å². The van der Waals surface area contributed by atoms with Crippen molar-refractivity contribution in [2.75, 3.05) is 7.11 Å². The Morgan fingerprint density at radius 3 is 2.81 bits per heavy atom. The van der Waals surface area contributed by atoms with Gasteiger partial charge in [-0.05, 0) is 47.7 Å². The van der Waals surface area contributed by atoms with Gasteiger partial charge in [0.15, 0.2) is 5.69 Å². The molecular formula is C13H11FIN3O3. The molecule has 1 aromatic heterocycles. The lowest BCUT2D eigenvalue weighted by Crippen LogP contribution is -2.32. The Labute approximate surface area is 133 Å². The number of nitrogens with one attached hydrogen (secondary N) is 1. The fraction of sp³-hybridized carbons (Fsp3) is 0.154. The summed E-state index contributed by atoms with van der Waals surface area (Å²) < 4.78 is 15.9. The van der Waals surface area contributed by atoms with Gasteiger partial charge in [-0.15, -0.1) is 0 Å². The highest BCUT2D eigenvalue weighted by molar-refractivity contribution is 14.1. The van der Waals surface area contributed by atoms with Crippen molar-refractivity contribution in [2.45, 2.75) is 6.92 Å². The van der Waals surface area contributed by atoms with E-state index < -0.39 is 17.2 Å². The number of hydroxylamine groups is 1. The van der Waals surface area contributed by atoms with Gasteiger partial charge >= 0.3 is 0 Å². The van der Waals surface area contributed by atoms with Crippen LogP contribution in [0.2, 0.25) is 0 Å². The predicted molar refractivity (Wildman–Crippen MR) is 81.7 cm³/mol. The van der Waals surface area contributed by atoms with Crippen molar-refractivity contribution in [3.8, 4) is 5.69 Å². The van der Waals surface area contributed by atoms with E-state index in [1.54, 1.807) is 6.07 Å². The monoisotopic (exact) mass is 403 g/mol. The molecule has 1 heterocycles. The molecule has 2 rings (SSSR count). The van der Waals surface area contributed by atoms with Crippen molar-refractivity contribution >= 4 is 28.5 Å². The fourth-order valence-electron chi connectivity index (χ4n) is 1.69. The van der Waals surface area contributed by atoms with E-state index >= 15 is 0 Å². The Bertz CT molecular complexity index is 761. The van der Waals surface area contributed by atoms with Crippen LogP contribution in [-0.2, 0) is 4.84 Å². The predicted octanol–water partition coefficient (Wildman–Crippen LogP) is 1.58. The first-order valence-electron chi connectivity index (χ1n) is 5.83. The second-order valence-electron chi connectivity index (χ2n) is 4.17. The molecule has 0 radical (unpaired) electrons. The Morgan fingerprint density at radius 1 is 1.48 bits per heavy atom. The van der Waals surface area contributed by atoms with Crippen LogP contribution in [0.4, 0.5) is 4.39 Å². The number of carbonyl (C=O) groups excluding carboxylic acids is 1. The maximum absolute atomic E-state index is 14.0. The van der Waals surface area contributed by atoms with Crippen LogP contribution in [0.3, 0.4) is 0 Å². The molecule has 1 amide bonds. The van der Waals surface area contributed by atoms with E-state index in [0.717, 1.165) is 8.25 Å². The summed E-state index contributed by atoms with van der Waals surface area (Å²) in [5.74, 6) is -1.29. The zero-order chi connectivity index (χ0) is 15.6. The summed E-state index contributed by atoms with van der Waals surface area (Å²) in [7, 11) is 1.24. The van der Waals surface area contributed by atoms with Gasteiger partial charge < -0.3 is 0 Å². The molecule has 0 spiro atoms. The molecule has 0 saturated carbocycles. The number of carbonyl (C=O) groups is 1. The lowest BCUT2D eigenvalue weighted by molar-refractivity contribution is 0.0529. The molecular weight excluding hydrogens is 392 g/mol. The standard InChI is InChI=1S/C13H11FIN3O3/c1-7-6-18(10-4-3-8(15)5-9(10)14)16-11(12(7)19)13(20)17-21-2/h3-6H,1-2H3,(H,17,20). The maximum atomic E-state index is 14.0. The number of benzene rings is 1. The molecule has 0 aliphatic carbocycles. The van der Waals surface area contributed by atoms with Gasteiger partial charge in [-0.1, -0.05) is 0 Å². The molecule has 110 valence electrons. The van der Waals surface area contributed by atoms with Gasteiger partial charge in [-0.3, -0.25) is 14.4 Å². The summed E-state index contributed by atoms with van der Waals surface area (Å²) in [6, 6.07) is 4.55. The number of amides is 1. The lowest BCUT2D eigenvalue weighted by atomic mass is 10.2. The summed E-state index contributed by atoms with van der Waals surface area (Å²) in [5.41, 5.74) is 1.53. The molecule has 0 aliphatic heterocycles. The zero-order valence-electron chi connectivity index (χ0n) is 11.2. The largest absolute Gasteiger partial charge is 0.299 e. The number of halogens is 2. The van der Waals surface area contributed by atoms with Crippen molar-refractivity contribution in [2.24, 2.45) is 0 Å². The highest BCUT2D eigenvalue weighted by Gasteiger charge is 2.16. The molecule has 2 aromatic rings. The van der Waals surface area contributed by atoms with E-state index in [9.17, 15) is 14.0 Å². The Kier molecular flexibility index (Phi) is 4.68. The highest BCUT2D eigenvalue weighted by atomic mass is 127. The Hall–Kier alpha value is -1.81. The molecule has 0 aliphatic rings. The van der Waals surface area contributed by atoms with Crippen molar-refractivity contribution in [1.82, 2.24) is 15.3 Å². The van der Waals surface area contributed by atoms with Gasteiger partial charge in [0.1, 0.15) is 11.5 Å². The maximum Gasteiger partial charge on any atom is 0.299 e. The smallest absolute Gasteiger partial charge is 0.287 e. The van der Waals surface area contributed by atoms with Crippen molar-refractivity contribution in [3.63, 3.8) is 0 Å². The van der Waals surface area contributed by atoms with Crippen LogP contribution < -0.4 is 10.9 Å². The summed E-state index contributed by atoms with van der Waals surface area (Å²) in [6.07, 6.45) is 1.37. The number of hydrogen-bond donors (Lipinski definition) is 1. The second kappa shape index (κ2) is 6.31. The minimum absolute atomic E-state index is 0.144. The van der Waals surface area contributed by atoms with Crippen LogP contribution in [0.25, 0.3) is 5.69 Å². The van der Waals surface area contributed by atoms with Crippen LogP contribution in [-0.4, -0.2) is 22.8 Å². The van der Waals surface area contributed by atoms with E-state index in [4.69, 9.17) is 0 Å². The molecule has 0 unspecified atom stereocenters. The average Bonchev–Trinajstić information content (AvgIpc) is 2.42. The molecule has 1 N–H and O–H groups in total. The van der Waals surface area contributed by atoms with E-state index in [0.29, 0.717) is 0 Å². The van der Waals surface area contributed by atoms with Gasteiger partial charge in [-0.25, -0.2) is 14.6 Å². The summed E-state index contributed by atoms with van der Waals surface area (Å²) in [4.78, 5) is 28.1. The topological polar surface area (TPSA) is 73.2 Å². The summed E-state index contributed by atoms with van der Waals surface area (Å²) in [6.45, 7) is 1.52. The lowest BCUT2D eigenvalue weighted by Gasteiger charge is -2.10. The van der Waals surface area contributed by atoms with Gasteiger partial charge in [0, 0.05) is 15.3 Å². The van der Waals surface area contributed by atoms with Gasteiger partial charge in [0.2, 0.25) is 5.43 Å². The number of aromatic nitrogens is 2.